The summed E-state index contributed by atoms with van der Waals surface area (Å²) >= 11 is 1.50. The highest BCUT2D eigenvalue weighted by molar-refractivity contribution is 8.00. The minimum Gasteiger partial charge on any atom is -0.508 e. The monoisotopic (exact) mass is 279 g/mol. The molecule has 0 aromatic heterocycles. The van der Waals surface area contributed by atoms with Gasteiger partial charge in [0, 0.05) is 10.9 Å². The number of benzene rings is 1. The fourth-order valence-corrected chi connectivity index (χ4v) is 3.18. The van der Waals surface area contributed by atoms with Gasteiger partial charge in [-0.1, -0.05) is 19.8 Å². The van der Waals surface area contributed by atoms with Gasteiger partial charge in [-0.2, -0.15) is 0 Å². The molecule has 1 aromatic carbocycles. The molecule has 1 saturated carbocycles. The number of aromatic hydroxyl groups is 1. The molecule has 0 heterocycles. The first-order valence-corrected chi connectivity index (χ1v) is 7.85. The lowest BCUT2D eigenvalue weighted by atomic mass is 9.86. The SMILES string of the molecule is CC1CCCCC1NC(=O)CSc1ccc(O)cc1. The van der Waals surface area contributed by atoms with E-state index in [1.165, 1.54) is 31.0 Å². The first-order valence-electron chi connectivity index (χ1n) is 6.86. The molecule has 0 saturated heterocycles. The van der Waals surface area contributed by atoms with E-state index in [-0.39, 0.29) is 11.7 Å². The largest absolute Gasteiger partial charge is 0.508 e. The molecule has 0 aliphatic heterocycles. The summed E-state index contributed by atoms with van der Waals surface area (Å²) in [5.41, 5.74) is 0. The Morgan fingerprint density at radius 2 is 2.00 bits per heavy atom. The number of hydrogen-bond donors (Lipinski definition) is 2. The molecule has 1 aliphatic rings. The lowest BCUT2D eigenvalue weighted by Gasteiger charge is -2.29. The Hall–Kier alpha value is -1.16. The molecule has 2 atom stereocenters. The van der Waals surface area contributed by atoms with Gasteiger partial charge in [-0.25, -0.2) is 0 Å². The summed E-state index contributed by atoms with van der Waals surface area (Å²) in [6.07, 6.45) is 4.84. The van der Waals surface area contributed by atoms with Crippen molar-refractivity contribution >= 4 is 17.7 Å². The molecule has 19 heavy (non-hydrogen) atoms. The van der Waals surface area contributed by atoms with Crippen molar-refractivity contribution in [2.24, 2.45) is 5.92 Å². The molecule has 0 bridgehead atoms. The minimum atomic E-state index is 0.108. The normalized spacial score (nSPS) is 23.0. The predicted molar refractivity (Wildman–Crippen MR) is 78.4 cm³/mol. The van der Waals surface area contributed by atoms with Crippen molar-refractivity contribution in [3.05, 3.63) is 24.3 Å². The van der Waals surface area contributed by atoms with Gasteiger partial charge in [0.1, 0.15) is 5.75 Å². The highest BCUT2D eigenvalue weighted by Gasteiger charge is 2.22. The Kier molecular flexibility index (Phi) is 5.14. The molecule has 1 aromatic rings. The third-order valence-electron chi connectivity index (χ3n) is 3.66. The van der Waals surface area contributed by atoms with E-state index in [1.807, 2.05) is 12.1 Å². The van der Waals surface area contributed by atoms with Crippen LogP contribution in [-0.4, -0.2) is 22.8 Å². The number of amides is 1. The highest BCUT2D eigenvalue weighted by Crippen LogP contribution is 2.24. The second-order valence-corrected chi connectivity index (χ2v) is 6.27. The van der Waals surface area contributed by atoms with Crippen LogP contribution < -0.4 is 5.32 Å². The maximum absolute atomic E-state index is 11.9. The third kappa shape index (κ3) is 4.46. The van der Waals surface area contributed by atoms with Crippen LogP contribution in [0.25, 0.3) is 0 Å². The van der Waals surface area contributed by atoms with Crippen LogP contribution in [0.2, 0.25) is 0 Å². The van der Waals surface area contributed by atoms with Crippen LogP contribution in [0.5, 0.6) is 5.75 Å². The Labute approximate surface area is 118 Å². The van der Waals surface area contributed by atoms with Gasteiger partial charge in [-0.05, 0) is 43.0 Å². The van der Waals surface area contributed by atoms with Crippen LogP contribution in [0.1, 0.15) is 32.6 Å². The summed E-state index contributed by atoms with van der Waals surface area (Å²) in [6, 6.07) is 7.29. The number of carbonyl (C=O) groups is 1. The number of carbonyl (C=O) groups excluding carboxylic acids is 1. The van der Waals surface area contributed by atoms with Crippen LogP contribution in [0.15, 0.2) is 29.2 Å². The number of phenolic OH excluding ortho intramolecular Hbond substituents is 1. The summed E-state index contributed by atoms with van der Waals surface area (Å²) < 4.78 is 0. The Morgan fingerprint density at radius 1 is 1.32 bits per heavy atom. The van der Waals surface area contributed by atoms with E-state index < -0.39 is 0 Å². The Balaban J connectivity index is 1.76. The lowest BCUT2D eigenvalue weighted by molar-refractivity contribution is -0.119. The maximum Gasteiger partial charge on any atom is 0.230 e. The van der Waals surface area contributed by atoms with Crippen LogP contribution >= 0.6 is 11.8 Å². The number of rotatable bonds is 4. The average Bonchev–Trinajstić information content (AvgIpc) is 2.41. The van der Waals surface area contributed by atoms with Gasteiger partial charge >= 0.3 is 0 Å². The molecule has 104 valence electrons. The zero-order chi connectivity index (χ0) is 13.7. The molecule has 1 fully saturated rings. The predicted octanol–water partition coefficient (Wildman–Crippen LogP) is 3.18. The standard InChI is InChI=1S/C15H21NO2S/c1-11-4-2-3-5-14(11)16-15(18)10-19-13-8-6-12(17)7-9-13/h6-9,11,14,17H,2-5,10H2,1H3,(H,16,18). The summed E-state index contributed by atoms with van der Waals surface area (Å²) in [5.74, 6) is 1.39. The number of hydrogen-bond acceptors (Lipinski definition) is 3. The van der Waals surface area contributed by atoms with Crippen LogP contribution in [0.3, 0.4) is 0 Å². The van der Waals surface area contributed by atoms with Gasteiger partial charge in [0.15, 0.2) is 0 Å². The average molecular weight is 279 g/mol. The molecule has 1 amide bonds. The first kappa shape index (κ1) is 14.3. The minimum absolute atomic E-state index is 0.108. The molecule has 0 spiro atoms. The van der Waals surface area contributed by atoms with E-state index in [2.05, 4.69) is 12.2 Å². The Morgan fingerprint density at radius 3 is 2.68 bits per heavy atom. The maximum atomic E-state index is 11.9. The van der Waals surface area contributed by atoms with Crippen LogP contribution in [0.4, 0.5) is 0 Å². The molecule has 0 radical (unpaired) electrons. The van der Waals surface area contributed by atoms with Crippen molar-refractivity contribution in [3.63, 3.8) is 0 Å². The lowest BCUT2D eigenvalue weighted by Crippen LogP contribution is -2.41. The number of phenols is 1. The summed E-state index contributed by atoms with van der Waals surface area (Å²) in [5, 5.41) is 12.3. The van der Waals surface area contributed by atoms with E-state index >= 15 is 0 Å². The van der Waals surface area contributed by atoms with Crippen molar-refractivity contribution in [1.29, 1.82) is 0 Å². The first-order chi connectivity index (χ1) is 9.15. The van der Waals surface area contributed by atoms with Gasteiger partial charge in [0.2, 0.25) is 5.91 Å². The second kappa shape index (κ2) is 6.85. The van der Waals surface area contributed by atoms with E-state index in [4.69, 9.17) is 0 Å². The molecule has 3 nitrogen and oxygen atoms in total. The van der Waals surface area contributed by atoms with Gasteiger partial charge in [0.05, 0.1) is 5.75 Å². The van der Waals surface area contributed by atoms with Gasteiger partial charge < -0.3 is 10.4 Å². The molecule has 2 rings (SSSR count). The Bertz CT molecular complexity index is 419. The summed E-state index contributed by atoms with van der Waals surface area (Å²) in [6.45, 7) is 2.22. The zero-order valence-corrected chi connectivity index (χ0v) is 12.1. The van der Waals surface area contributed by atoms with Crippen molar-refractivity contribution in [2.75, 3.05) is 5.75 Å². The molecular formula is C15H21NO2S. The van der Waals surface area contributed by atoms with Crippen molar-refractivity contribution in [2.45, 2.75) is 43.5 Å². The topological polar surface area (TPSA) is 49.3 Å². The van der Waals surface area contributed by atoms with E-state index in [1.54, 1.807) is 12.1 Å². The molecule has 2 N–H and O–H groups in total. The van der Waals surface area contributed by atoms with Crippen molar-refractivity contribution in [1.82, 2.24) is 5.32 Å². The second-order valence-electron chi connectivity index (χ2n) is 5.22. The molecule has 4 heteroatoms. The van der Waals surface area contributed by atoms with Crippen molar-refractivity contribution < 1.29 is 9.90 Å². The van der Waals surface area contributed by atoms with E-state index in [9.17, 15) is 9.90 Å². The summed E-state index contributed by atoms with van der Waals surface area (Å²) in [7, 11) is 0. The van der Waals surface area contributed by atoms with E-state index in [0.29, 0.717) is 17.7 Å². The molecule has 1 aliphatic carbocycles. The third-order valence-corrected chi connectivity index (χ3v) is 4.68. The van der Waals surface area contributed by atoms with Crippen LogP contribution in [-0.2, 0) is 4.79 Å². The fraction of sp³-hybridized carbons (Fsp3) is 0.533. The smallest absolute Gasteiger partial charge is 0.230 e. The van der Waals surface area contributed by atoms with Gasteiger partial charge in [-0.15, -0.1) is 11.8 Å². The van der Waals surface area contributed by atoms with Gasteiger partial charge in [-0.3, -0.25) is 4.79 Å². The van der Waals surface area contributed by atoms with Crippen molar-refractivity contribution in [3.8, 4) is 5.75 Å². The molecular weight excluding hydrogens is 258 g/mol. The van der Waals surface area contributed by atoms with E-state index in [0.717, 1.165) is 11.3 Å². The number of nitrogens with one attached hydrogen (secondary N) is 1. The van der Waals surface area contributed by atoms with Gasteiger partial charge in [0.25, 0.3) is 0 Å². The fourth-order valence-electron chi connectivity index (χ4n) is 2.47. The molecule has 2 unspecified atom stereocenters. The zero-order valence-electron chi connectivity index (χ0n) is 11.3. The summed E-state index contributed by atoms with van der Waals surface area (Å²) in [4.78, 5) is 12.9. The van der Waals surface area contributed by atoms with Crippen LogP contribution in [0, 0.1) is 5.92 Å². The number of thioether (sulfide) groups is 1. The quantitative estimate of drug-likeness (QED) is 0.832. The highest BCUT2D eigenvalue weighted by atomic mass is 32.2.